The molecule has 0 aliphatic rings. The molecule has 4 heteroatoms. The Kier molecular flexibility index (Phi) is 4.66. The molecule has 0 atom stereocenters. The molecule has 1 N–H and O–H groups in total. The van der Waals surface area contributed by atoms with E-state index < -0.39 is 0 Å². The molecule has 19 heavy (non-hydrogen) atoms. The average molecular weight is 336 g/mol. The fraction of sp³-hybridized carbons (Fsp3) is 0.133. The second-order valence-corrected chi connectivity index (χ2v) is 5.64. The Morgan fingerprint density at radius 2 is 2.00 bits per heavy atom. The van der Waals surface area contributed by atoms with Crippen molar-refractivity contribution in [2.75, 3.05) is 0 Å². The Labute approximate surface area is 126 Å². The molecule has 0 aromatic heterocycles. The first-order valence-electron chi connectivity index (χ1n) is 5.89. The summed E-state index contributed by atoms with van der Waals surface area (Å²) < 4.78 is 0.771. The molecule has 0 saturated carbocycles. The largest absolute Gasteiger partial charge is 0.348 e. The first-order valence-corrected chi connectivity index (χ1v) is 7.13. The van der Waals surface area contributed by atoms with Gasteiger partial charge in [-0.1, -0.05) is 24.3 Å². The van der Waals surface area contributed by atoms with Crippen molar-refractivity contribution < 1.29 is 4.79 Å². The molecule has 1 amide bonds. The van der Waals surface area contributed by atoms with Gasteiger partial charge in [0.15, 0.2) is 0 Å². The molecule has 0 aliphatic heterocycles. The molecule has 0 bridgehead atoms. The van der Waals surface area contributed by atoms with E-state index in [4.69, 9.17) is 0 Å². The van der Waals surface area contributed by atoms with Gasteiger partial charge in [0, 0.05) is 15.9 Å². The number of aryl methyl sites for hydroxylation is 1. The van der Waals surface area contributed by atoms with Crippen LogP contribution in [0.5, 0.6) is 0 Å². The summed E-state index contributed by atoms with van der Waals surface area (Å²) in [7, 11) is 0. The molecule has 0 spiro atoms. The van der Waals surface area contributed by atoms with Crippen molar-refractivity contribution in [3.63, 3.8) is 0 Å². The third kappa shape index (κ3) is 3.61. The minimum Gasteiger partial charge on any atom is -0.348 e. The highest BCUT2D eigenvalue weighted by Crippen LogP contribution is 2.20. The lowest BCUT2D eigenvalue weighted by molar-refractivity contribution is 0.0950. The van der Waals surface area contributed by atoms with E-state index in [0.717, 1.165) is 14.9 Å². The van der Waals surface area contributed by atoms with Crippen LogP contribution < -0.4 is 5.32 Å². The molecule has 2 nitrogen and oxygen atoms in total. The fourth-order valence-electron chi connectivity index (χ4n) is 1.77. The Morgan fingerprint density at radius 3 is 2.74 bits per heavy atom. The van der Waals surface area contributed by atoms with E-state index >= 15 is 0 Å². The second-order valence-electron chi connectivity index (χ2n) is 4.27. The number of hydrogen-bond acceptors (Lipinski definition) is 2. The smallest absolute Gasteiger partial charge is 0.252 e. The molecule has 98 valence electrons. The van der Waals surface area contributed by atoms with Gasteiger partial charge in [-0.25, -0.2) is 0 Å². The maximum atomic E-state index is 12.1. The number of rotatable bonds is 3. The summed E-state index contributed by atoms with van der Waals surface area (Å²) in [6.45, 7) is 2.56. The van der Waals surface area contributed by atoms with E-state index in [9.17, 15) is 4.79 Å². The predicted molar refractivity (Wildman–Crippen MR) is 83.7 cm³/mol. The zero-order valence-corrected chi connectivity index (χ0v) is 13.0. The van der Waals surface area contributed by atoms with Crippen molar-refractivity contribution in [3.05, 3.63) is 63.6 Å². The predicted octanol–water partition coefficient (Wildman–Crippen LogP) is 3.98. The topological polar surface area (TPSA) is 29.1 Å². The van der Waals surface area contributed by atoms with Gasteiger partial charge in [-0.15, -0.1) is 12.6 Å². The standard InChI is InChI=1S/C15H14BrNOS/c1-10-4-2-3-5-11(10)9-17-15(18)13-8-12(19)6-7-14(13)16/h2-8,19H,9H2,1H3,(H,17,18). The summed E-state index contributed by atoms with van der Waals surface area (Å²) in [5, 5.41) is 2.92. The molecule has 0 heterocycles. The Hall–Kier alpha value is -1.26. The van der Waals surface area contributed by atoms with Crippen molar-refractivity contribution in [1.29, 1.82) is 0 Å². The SMILES string of the molecule is Cc1ccccc1CNC(=O)c1cc(S)ccc1Br. The molecule has 2 rings (SSSR count). The van der Waals surface area contributed by atoms with Gasteiger partial charge < -0.3 is 5.32 Å². The second kappa shape index (κ2) is 6.26. The quantitative estimate of drug-likeness (QED) is 0.816. The number of thiol groups is 1. The molecule has 0 aliphatic carbocycles. The van der Waals surface area contributed by atoms with Crippen LogP contribution in [0, 0.1) is 6.92 Å². The number of nitrogens with one attached hydrogen (secondary N) is 1. The van der Waals surface area contributed by atoms with Crippen molar-refractivity contribution in [2.45, 2.75) is 18.4 Å². The van der Waals surface area contributed by atoms with Crippen LogP contribution in [0.25, 0.3) is 0 Å². The highest BCUT2D eigenvalue weighted by molar-refractivity contribution is 9.10. The first kappa shape index (κ1) is 14.2. The van der Waals surface area contributed by atoms with Gasteiger partial charge >= 0.3 is 0 Å². The van der Waals surface area contributed by atoms with Crippen LogP contribution in [-0.2, 0) is 6.54 Å². The summed E-state index contributed by atoms with van der Waals surface area (Å²) in [6.07, 6.45) is 0. The molecular weight excluding hydrogens is 322 g/mol. The van der Waals surface area contributed by atoms with Crippen LogP contribution in [0.1, 0.15) is 21.5 Å². The van der Waals surface area contributed by atoms with Gasteiger partial charge in [0.1, 0.15) is 0 Å². The summed E-state index contributed by atoms with van der Waals surface area (Å²) in [5.74, 6) is -0.106. The third-order valence-electron chi connectivity index (χ3n) is 2.90. The fourth-order valence-corrected chi connectivity index (χ4v) is 2.40. The lowest BCUT2D eigenvalue weighted by atomic mass is 10.1. The molecule has 0 fully saturated rings. The number of benzene rings is 2. The van der Waals surface area contributed by atoms with E-state index in [0.29, 0.717) is 12.1 Å². The van der Waals surface area contributed by atoms with Crippen LogP contribution in [0.4, 0.5) is 0 Å². The number of amides is 1. The normalized spacial score (nSPS) is 10.3. The summed E-state index contributed by atoms with van der Waals surface area (Å²) in [5.41, 5.74) is 2.89. The summed E-state index contributed by atoms with van der Waals surface area (Å²) in [4.78, 5) is 12.9. The number of carbonyl (C=O) groups is 1. The monoisotopic (exact) mass is 335 g/mol. The van der Waals surface area contributed by atoms with Gasteiger partial charge in [0.05, 0.1) is 5.56 Å². The Bertz CT molecular complexity index is 613. The Balaban J connectivity index is 2.10. The lowest BCUT2D eigenvalue weighted by Crippen LogP contribution is -2.23. The molecule has 0 unspecified atom stereocenters. The maximum absolute atomic E-state index is 12.1. The number of carbonyl (C=O) groups excluding carboxylic acids is 1. The molecule has 0 saturated heterocycles. The van der Waals surface area contributed by atoms with Crippen molar-refractivity contribution in [1.82, 2.24) is 5.32 Å². The summed E-state index contributed by atoms with van der Waals surface area (Å²) in [6, 6.07) is 13.4. The molecule has 2 aromatic carbocycles. The number of halogens is 1. The Morgan fingerprint density at radius 1 is 1.26 bits per heavy atom. The zero-order valence-electron chi connectivity index (χ0n) is 10.5. The van der Waals surface area contributed by atoms with E-state index in [1.54, 1.807) is 6.07 Å². The third-order valence-corrected chi connectivity index (χ3v) is 3.86. The van der Waals surface area contributed by atoms with Crippen LogP contribution in [0.2, 0.25) is 0 Å². The van der Waals surface area contributed by atoms with Crippen LogP contribution in [0.3, 0.4) is 0 Å². The zero-order chi connectivity index (χ0) is 13.8. The molecular formula is C15H14BrNOS. The highest BCUT2D eigenvalue weighted by Gasteiger charge is 2.10. The molecule has 0 radical (unpaired) electrons. The summed E-state index contributed by atoms with van der Waals surface area (Å²) >= 11 is 7.63. The lowest BCUT2D eigenvalue weighted by Gasteiger charge is -2.09. The van der Waals surface area contributed by atoms with Gasteiger partial charge in [-0.2, -0.15) is 0 Å². The van der Waals surface area contributed by atoms with E-state index in [1.165, 1.54) is 5.56 Å². The van der Waals surface area contributed by atoms with Crippen molar-refractivity contribution in [2.24, 2.45) is 0 Å². The average Bonchev–Trinajstić information content (AvgIpc) is 2.40. The maximum Gasteiger partial charge on any atom is 0.252 e. The number of hydrogen-bond donors (Lipinski definition) is 2. The van der Waals surface area contributed by atoms with Crippen molar-refractivity contribution in [3.8, 4) is 0 Å². The minimum absolute atomic E-state index is 0.106. The van der Waals surface area contributed by atoms with Crippen molar-refractivity contribution >= 4 is 34.5 Å². The minimum atomic E-state index is -0.106. The van der Waals surface area contributed by atoms with Gasteiger partial charge in [-0.05, 0) is 52.2 Å². The first-order chi connectivity index (χ1) is 9.08. The van der Waals surface area contributed by atoms with Gasteiger partial charge in [0.25, 0.3) is 5.91 Å². The molecule has 2 aromatic rings. The van der Waals surface area contributed by atoms with E-state index in [2.05, 4.69) is 33.9 Å². The van der Waals surface area contributed by atoms with Crippen LogP contribution in [0.15, 0.2) is 51.8 Å². The van der Waals surface area contributed by atoms with E-state index in [1.807, 2.05) is 43.3 Å². The van der Waals surface area contributed by atoms with Gasteiger partial charge in [-0.3, -0.25) is 4.79 Å². The van der Waals surface area contributed by atoms with E-state index in [-0.39, 0.29) is 5.91 Å². The highest BCUT2D eigenvalue weighted by atomic mass is 79.9. The van der Waals surface area contributed by atoms with Crippen LogP contribution in [-0.4, -0.2) is 5.91 Å². The van der Waals surface area contributed by atoms with Crippen LogP contribution >= 0.6 is 28.6 Å². The van der Waals surface area contributed by atoms with Gasteiger partial charge in [0.2, 0.25) is 0 Å².